The van der Waals surface area contributed by atoms with E-state index in [1.165, 1.54) is 19.3 Å². The Kier molecular flexibility index (Phi) is 5.18. The number of benzene rings is 1. The number of ether oxygens (including phenoxy) is 1. The number of hydrogen-bond acceptors (Lipinski definition) is 3. The molecule has 0 aliphatic carbocycles. The fourth-order valence-corrected chi connectivity index (χ4v) is 2.35. The van der Waals surface area contributed by atoms with Crippen molar-refractivity contribution in [2.24, 2.45) is 0 Å². The van der Waals surface area contributed by atoms with Gasteiger partial charge < -0.3 is 10.1 Å². The molecule has 0 saturated carbocycles. The number of carbonyl (C=O) groups is 1. The minimum Gasteiger partial charge on any atom is -0.497 e. The largest absolute Gasteiger partial charge is 0.497 e. The number of nitrogens with zero attached hydrogens (tertiary/aromatic N) is 1. The molecule has 2 rings (SSSR count). The smallest absolute Gasteiger partial charge is 0.252 e. The summed E-state index contributed by atoms with van der Waals surface area (Å²) in [4.78, 5) is 14.4. The van der Waals surface area contributed by atoms with E-state index in [1.54, 1.807) is 7.11 Å². The molecule has 0 bridgehead atoms. The third-order valence-corrected chi connectivity index (χ3v) is 3.53. The Morgan fingerprint density at radius 2 is 1.90 bits per heavy atom. The van der Waals surface area contributed by atoms with Crippen molar-refractivity contribution in [2.45, 2.75) is 19.3 Å². The standard InChI is InChI=1S/C16H22N2O2/c1-13(12-18-10-4-3-5-11-18)16(19)17-14-6-8-15(20-2)9-7-14/h6-9H,1,3-5,10-12H2,2H3,(H,17,19). The van der Waals surface area contributed by atoms with E-state index in [4.69, 9.17) is 4.74 Å². The van der Waals surface area contributed by atoms with Crippen molar-refractivity contribution in [3.05, 3.63) is 36.4 Å². The van der Waals surface area contributed by atoms with Gasteiger partial charge in [-0.25, -0.2) is 0 Å². The van der Waals surface area contributed by atoms with Crippen LogP contribution in [0.2, 0.25) is 0 Å². The molecule has 0 radical (unpaired) electrons. The highest BCUT2D eigenvalue weighted by Gasteiger charge is 2.14. The van der Waals surface area contributed by atoms with Crippen LogP contribution in [0.4, 0.5) is 5.69 Å². The number of hydrogen-bond donors (Lipinski definition) is 1. The van der Waals surface area contributed by atoms with Crippen LogP contribution in [0.1, 0.15) is 19.3 Å². The van der Waals surface area contributed by atoms with Gasteiger partial charge in [0, 0.05) is 17.8 Å². The van der Waals surface area contributed by atoms with Gasteiger partial charge in [-0.2, -0.15) is 0 Å². The molecule has 1 aliphatic heterocycles. The van der Waals surface area contributed by atoms with E-state index in [-0.39, 0.29) is 5.91 Å². The van der Waals surface area contributed by atoms with Gasteiger partial charge >= 0.3 is 0 Å². The van der Waals surface area contributed by atoms with Crippen molar-refractivity contribution >= 4 is 11.6 Å². The van der Waals surface area contributed by atoms with Crippen LogP contribution in [0, 0.1) is 0 Å². The van der Waals surface area contributed by atoms with Crippen molar-refractivity contribution in [2.75, 3.05) is 32.1 Å². The topological polar surface area (TPSA) is 41.6 Å². The number of likely N-dealkylation sites (tertiary alicyclic amines) is 1. The number of anilines is 1. The van der Waals surface area contributed by atoms with Crippen LogP contribution in [-0.2, 0) is 4.79 Å². The molecule has 108 valence electrons. The third-order valence-electron chi connectivity index (χ3n) is 3.53. The van der Waals surface area contributed by atoms with E-state index in [0.717, 1.165) is 24.5 Å². The maximum atomic E-state index is 12.1. The van der Waals surface area contributed by atoms with Gasteiger partial charge in [-0.05, 0) is 50.2 Å². The van der Waals surface area contributed by atoms with Crippen molar-refractivity contribution in [1.82, 2.24) is 4.90 Å². The predicted octanol–water partition coefficient (Wildman–Crippen LogP) is 2.68. The average Bonchev–Trinajstić information content (AvgIpc) is 2.49. The average molecular weight is 274 g/mol. The second kappa shape index (κ2) is 7.10. The van der Waals surface area contributed by atoms with Crippen LogP contribution >= 0.6 is 0 Å². The Bertz CT molecular complexity index is 462. The zero-order valence-electron chi connectivity index (χ0n) is 12.0. The molecular formula is C16H22N2O2. The molecule has 1 aromatic carbocycles. The van der Waals surface area contributed by atoms with E-state index in [9.17, 15) is 4.79 Å². The van der Waals surface area contributed by atoms with Gasteiger partial charge in [-0.3, -0.25) is 9.69 Å². The number of methoxy groups -OCH3 is 1. The quantitative estimate of drug-likeness (QED) is 0.839. The Labute approximate surface area is 120 Å². The normalized spacial score (nSPS) is 15.7. The van der Waals surface area contributed by atoms with Crippen LogP contribution in [-0.4, -0.2) is 37.6 Å². The first-order valence-corrected chi connectivity index (χ1v) is 7.04. The molecule has 20 heavy (non-hydrogen) atoms. The molecule has 4 nitrogen and oxygen atoms in total. The Morgan fingerprint density at radius 3 is 2.50 bits per heavy atom. The van der Waals surface area contributed by atoms with E-state index < -0.39 is 0 Å². The summed E-state index contributed by atoms with van der Waals surface area (Å²) in [5, 5.41) is 2.86. The van der Waals surface area contributed by atoms with E-state index in [1.807, 2.05) is 24.3 Å². The van der Waals surface area contributed by atoms with Crippen molar-refractivity contribution in [1.29, 1.82) is 0 Å². The van der Waals surface area contributed by atoms with Crippen molar-refractivity contribution in [3.63, 3.8) is 0 Å². The Morgan fingerprint density at radius 1 is 1.25 bits per heavy atom. The summed E-state index contributed by atoms with van der Waals surface area (Å²) < 4.78 is 5.09. The molecule has 1 N–H and O–H groups in total. The first-order valence-electron chi connectivity index (χ1n) is 7.04. The summed E-state index contributed by atoms with van der Waals surface area (Å²) in [6.45, 7) is 6.68. The molecule has 1 aliphatic rings. The fourth-order valence-electron chi connectivity index (χ4n) is 2.35. The summed E-state index contributed by atoms with van der Waals surface area (Å²) in [5.74, 6) is 0.663. The minimum atomic E-state index is -0.110. The van der Waals surface area contributed by atoms with E-state index >= 15 is 0 Å². The third kappa shape index (κ3) is 4.10. The van der Waals surface area contributed by atoms with Crippen LogP contribution in [0.5, 0.6) is 5.75 Å². The zero-order valence-corrected chi connectivity index (χ0v) is 12.0. The van der Waals surface area contributed by atoms with Crippen LogP contribution in [0.25, 0.3) is 0 Å². The summed E-state index contributed by atoms with van der Waals surface area (Å²) >= 11 is 0. The van der Waals surface area contributed by atoms with Crippen LogP contribution in [0.15, 0.2) is 36.4 Å². The van der Waals surface area contributed by atoms with Crippen molar-refractivity contribution in [3.8, 4) is 5.75 Å². The van der Waals surface area contributed by atoms with E-state index in [0.29, 0.717) is 12.1 Å². The molecule has 0 unspecified atom stereocenters. The van der Waals surface area contributed by atoms with Gasteiger partial charge in [-0.1, -0.05) is 13.0 Å². The Balaban J connectivity index is 1.84. The predicted molar refractivity (Wildman–Crippen MR) is 81.1 cm³/mol. The summed E-state index contributed by atoms with van der Waals surface area (Å²) in [6.07, 6.45) is 3.72. The highest BCUT2D eigenvalue weighted by atomic mass is 16.5. The van der Waals surface area contributed by atoms with Gasteiger partial charge in [0.2, 0.25) is 0 Å². The van der Waals surface area contributed by atoms with Gasteiger partial charge in [0.1, 0.15) is 5.75 Å². The first kappa shape index (κ1) is 14.6. The lowest BCUT2D eigenvalue weighted by Gasteiger charge is -2.26. The van der Waals surface area contributed by atoms with Crippen LogP contribution < -0.4 is 10.1 Å². The summed E-state index contributed by atoms with van der Waals surface area (Å²) in [7, 11) is 1.62. The number of nitrogens with one attached hydrogen (secondary N) is 1. The lowest BCUT2D eigenvalue weighted by molar-refractivity contribution is -0.113. The summed E-state index contributed by atoms with van der Waals surface area (Å²) in [6, 6.07) is 7.29. The van der Waals surface area contributed by atoms with Gasteiger partial charge in [0.25, 0.3) is 5.91 Å². The minimum absolute atomic E-state index is 0.110. The van der Waals surface area contributed by atoms with Gasteiger partial charge in [-0.15, -0.1) is 0 Å². The molecular weight excluding hydrogens is 252 g/mol. The maximum Gasteiger partial charge on any atom is 0.252 e. The number of amides is 1. The number of rotatable bonds is 5. The van der Waals surface area contributed by atoms with E-state index in [2.05, 4.69) is 16.8 Å². The molecule has 4 heteroatoms. The molecule has 1 fully saturated rings. The molecule has 0 aromatic heterocycles. The lowest BCUT2D eigenvalue weighted by atomic mass is 10.1. The SMILES string of the molecule is C=C(CN1CCCCC1)C(=O)Nc1ccc(OC)cc1. The van der Waals surface area contributed by atoms with Gasteiger partial charge in [0.15, 0.2) is 0 Å². The monoisotopic (exact) mass is 274 g/mol. The molecule has 1 aromatic rings. The second-order valence-corrected chi connectivity index (χ2v) is 5.12. The number of carbonyl (C=O) groups excluding carboxylic acids is 1. The molecule has 1 saturated heterocycles. The second-order valence-electron chi connectivity index (χ2n) is 5.12. The van der Waals surface area contributed by atoms with Crippen LogP contribution in [0.3, 0.4) is 0 Å². The highest BCUT2D eigenvalue weighted by molar-refractivity contribution is 6.03. The molecule has 0 spiro atoms. The zero-order chi connectivity index (χ0) is 14.4. The van der Waals surface area contributed by atoms with Gasteiger partial charge in [0.05, 0.1) is 7.11 Å². The Hall–Kier alpha value is -1.81. The highest BCUT2D eigenvalue weighted by Crippen LogP contribution is 2.16. The number of piperidine rings is 1. The maximum absolute atomic E-state index is 12.1. The molecule has 1 amide bonds. The van der Waals surface area contributed by atoms with Crippen molar-refractivity contribution < 1.29 is 9.53 Å². The fraction of sp³-hybridized carbons (Fsp3) is 0.438. The molecule has 0 atom stereocenters. The summed E-state index contributed by atoms with van der Waals surface area (Å²) in [5.41, 5.74) is 1.37. The molecule has 1 heterocycles. The first-order chi connectivity index (χ1) is 9.69. The lowest BCUT2D eigenvalue weighted by Crippen LogP contribution is -2.33.